The molecule has 0 atom stereocenters. The second kappa shape index (κ2) is 6.14. The minimum Gasteiger partial charge on any atom is -0.494 e. The molecule has 0 spiro atoms. The number of hydrogen-bond donors (Lipinski definition) is 1. The van der Waals surface area contributed by atoms with E-state index in [2.05, 4.69) is 5.32 Å². The highest BCUT2D eigenvalue weighted by Crippen LogP contribution is 2.17. The van der Waals surface area contributed by atoms with Gasteiger partial charge >= 0.3 is 0 Å². The fourth-order valence-electron chi connectivity index (χ4n) is 1.64. The zero-order chi connectivity index (χ0) is 14.5. The largest absolute Gasteiger partial charge is 0.494 e. The van der Waals surface area contributed by atoms with Crippen LogP contribution in [0.4, 0.5) is 14.5 Å². The summed E-state index contributed by atoms with van der Waals surface area (Å²) in [6.45, 7) is 2.43. The first kappa shape index (κ1) is 14.0. The van der Waals surface area contributed by atoms with E-state index in [1.807, 2.05) is 6.92 Å². The van der Waals surface area contributed by atoms with Crippen LogP contribution in [0.5, 0.6) is 5.75 Å². The zero-order valence-corrected chi connectivity index (χ0v) is 10.8. The molecule has 0 aliphatic carbocycles. The summed E-state index contributed by atoms with van der Waals surface area (Å²) in [6, 6.07) is 9.77. The van der Waals surface area contributed by atoms with Crippen molar-refractivity contribution in [3.63, 3.8) is 0 Å². The van der Waals surface area contributed by atoms with E-state index in [1.54, 1.807) is 24.3 Å². The summed E-state index contributed by atoms with van der Waals surface area (Å²) in [7, 11) is 0. The molecule has 2 aromatic carbocycles. The first-order valence-electron chi connectivity index (χ1n) is 6.09. The van der Waals surface area contributed by atoms with Crippen molar-refractivity contribution in [2.75, 3.05) is 11.9 Å². The molecule has 2 aromatic rings. The molecular formula is C15H13F2NO2. The smallest absolute Gasteiger partial charge is 0.255 e. The molecule has 0 radical (unpaired) electrons. The molecule has 104 valence electrons. The Bertz CT molecular complexity index is 612. The molecule has 2 rings (SSSR count). The Morgan fingerprint density at radius 2 is 1.80 bits per heavy atom. The molecule has 0 saturated carbocycles. The third kappa shape index (κ3) is 3.32. The van der Waals surface area contributed by atoms with Crippen molar-refractivity contribution in [1.29, 1.82) is 0 Å². The summed E-state index contributed by atoms with van der Waals surface area (Å²) in [5, 5.41) is 2.59. The number of nitrogens with one attached hydrogen (secondary N) is 1. The van der Waals surface area contributed by atoms with Crippen LogP contribution in [0.15, 0.2) is 42.5 Å². The minimum absolute atomic E-state index is 0.0535. The third-order valence-electron chi connectivity index (χ3n) is 2.60. The van der Waals surface area contributed by atoms with Gasteiger partial charge in [-0.05, 0) is 49.4 Å². The maximum absolute atomic E-state index is 13.0. The lowest BCUT2D eigenvalue weighted by atomic mass is 10.2. The van der Waals surface area contributed by atoms with Crippen LogP contribution in [-0.4, -0.2) is 12.5 Å². The third-order valence-corrected chi connectivity index (χ3v) is 2.60. The molecule has 0 aromatic heterocycles. The van der Waals surface area contributed by atoms with Gasteiger partial charge in [0.25, 0.3) is 5.91 Å². The van der Waals surface area contributed by atoms with Crippen molar-refractivity contribution in [1.82, 2.24) is 0 Å². The summed E-state index contributed by atoms with van der Waals surface area (Å²) in [4.78, 5) is 11.9. The Morgan fingerprint density at radius 1 is 1.10 bits per heavy atom. The van der Waals surface area contributed by atoms with Gasteiger partial charge in [-0.1, -0.05) is 0 Å². The van der Waals surface area contributed by atoms with E-state index >= 15 is 0 Å². The Kier molecular flexibility index (Phi) is 4.30. The van der Waals surface area contributed by atoms with Crippen LogP contribution in [0, 0.1) is 11.6 Å². The molecular weight excluding hydrogens is 264 g/mol. The average Bonchev–Trinajstić information content (AvgIpc) is 2.44. The summed E-state index contributed by atoms with van der Waals surface area (Å²) in [6.07, 6.45) is 0. The molecule has 0 saturated heterocycles. The zero-order valence-electron chi connectivity index (χ0n) is 10.8. The summed E-state index contributed by atoms with van der Waals surface area (Å²) in [5.74, 6) is -1.85. The lowest BCUT2D eigenvalue weighted by Crippen LogP contribution is -2.12. The van der Waals surface area contributed by atoms with E-state index < -0.39 is 17.5 Å². The number of ether oxygens (including phenoxy) is 1. The molecule has 0 unspecified atom stereocenters. The predicted molar refractivity (Wildman–Crippen MR) is 71.9 cm³/mol. The Morgan fingerprint density at radius 3 is 2.40 bits per heavy atom. The maximum Gasteiger partial charge on any atom is 0.255 e. The van der Waals surface area contributed by atoms with Crippen molar-refractivity contribution in [3.8, 4) is 5.75 Å². The van der Waals surface area contributed by atoms with Gasteiger partial charge in [0.2, 0.25) is 0 Å². The highest BCUT2D eigenvalue weighted by molar-refractivity contribution is 6.04. The van der Waals surface area contributed by atoms with E-state index in [4.69, 9.17) is 4.74 Å². The van der Waals surface area contributed by atoms with Crippen molar-refractivity contribution >= 4 is 11.6 Å². The monoisotopic (exact) mass is 277 g/mol. The number of carbonyl (C=O) groups excluding carboxylic acids is 1. The SMILES string of the molecule is CCOc1ccc(NC(=O)c2ccc(F)c(F)c2)cc1. The average molecular weight is 277 g/mol. The Labute approximate surface area is 115 Å². The van der Waals surface area contributed by atoms with Gasteiger partial charge in [0, 0.05) is 11.3 Å². The summed E-state index contributed by atoms with van der Waals surface area (Å²) < 4.78 is 31.1. The van der Waals surface area contributed by atoms with E-state index in [1.165, 1.54) is 6.07 Å². The standard InChI is InChI=1S/C15H13F2NO2/c1-2-20-12-6-4-11(5-7-12)18-15(19)10-3-8-13(16)14(17)9-10/h3-9H,2H2,1H3,(H,18,19). The van der Waals surface area contributed by atoms with Crippen LogP contribution < -0.4 is 10.1 Å². The van der Waals surface area contributed by atoms with Crippen molar-refractivity contribution in [3.05, 3.63) is 59.7 Å². The molecule has 20 heavy (non-hydrogen) atoms. The molecule has 0 aliphatic rings. The lowest BCUT2D eigenvalue weighted by Gasteiger charge is -2.07. The first-order chi connectivity index (χ1) is 9.60. The van der Waals surface area contributed by atoms with Crippen molar-refractivity contribution < 1.29 is 18.3 Å². The van der Waals surface area contributed by atoms with E-state index in [0.717, 1.165) is 12.1 Å². The number of benzene rings is 2. The van der Waals surface area contributed by atoms with E-state index in [9.17, 15) is 13.6 Å². The fraction of sp³-hybridized carbons (Fsp3) is 0.133. The second-order valence-corrected chi connectivity index (χ2v) is 4.04. The topological polar surface area (TPSA) is 38.3 Å². The van der Waals surface area contributed by atoms with Gasteiger partial charge in [-0.2, -0.15) is 0 Å². The predicted octanol–water partition coefficient (Wildman–Crippen LogP) is 3.62. The first-order valence-corrected chi connectivity index (χ1v) is 6.09. The van der Waals surface area contributed by atoms with Crippen LogP contribution in [-0.2, 0) is 0 Å². The molecule has 3 nitrogen and oxygen atoms in total. The molecule has 5 heteroatoms. The normalized spacial score (nSPS) is 10.2. The van der Waals surface area contributed by atoms with Crippen LogP contribution in [0.1, 0.15) is 17.3 Å². The van der Waals surface area contributed by atoms with Gasteiger partial charge < -0.3 is 10.1 Å². The molecule has 1 amide bonds. The van der Waals surface area contributed by atoms with Crippen LogP contribution in [0.25, 0.3) is 0 Å². The number of carbonyl (C=O) groups is 1. The molecule has 1 N–H and O–H groups in total. The highest BCUT2D eigenvalue weighted by Gasteiger charge is 2.09. The second-order valence-electron chi connectivity index (χ2n) is 4.04. The molecule has 0 fully saturated rings. The van der Waals surface area contributed by atoms with Crippen LogP contribution >= 0.6 is 0 Å². The van der Waals surface area contributed by atoms with E-state index in [0.29, 0.717) is 18.0 Å². The number of hydrogen-bond acceptors (Lipinski definition) is 2. The summed E-state index contributed by atoms with van der Waals surface area (Å²) in [5.41, 5.74) is 0.598. The quantitative estimate of drug-likeness (QED) is 0.927. The molecule has 0 aliphatic heterocycles. The van der Waals surface area contributed by atoms with Gasteiger partial charge in [-0.3, -0.25) is 4.79 Å². The fourth-order valence-corrected chi connectivity index (χ4v) is 1.64. The minimum atomic E-state index is -1.05. The number of amides is 1. The van der Waals surface area contributed by atoms with Crippen molar-refractivity contribution in [2.45, 2.75) is 6.92 Å². The molecule has 0 heterocycles. The van der Waals surface area contributed by atoms with Gasteiger partial charge in [-0.15, -0.1) is 0 Å². The Hall–Kier alpha value is -2.43. The van der Waals surface area contributed by atoms with Gasteiger partial charge in [0.1, 0.15) is 5.75 Å². The van der Waals surface area contributed by atoms with E-state index in [-0.39, 0.29) is 5.56 Å². The van der Waals surface area contributed by atoms with Gasteiger partial charge in [0.05, 0.1) is 6.61 Å². The van der Waals surface area contributed by atoms with Gasteiger partial charge in [0.15, 0.2) is 11.6 Å². The number of rotatable bonds is 4. The number of anilines is 1. The van der Waals surface area contributed by atoms with Crippen LogP contribution in [0.2, 0.25) is 0 Å². The molecule has 0 bridgehead atoms. The number of halogens is 2. The van der Waals surface area contributed by atoms with Crippen LogP contribution in [0.3, 0.4) is 0 Å². The maximum atomic E-state index is 13.0. The Balaban J connectivity index is 2.08. The van der Waals surface area contributed by atoms with Gasteiger partial charge in [-0.25, -0.2) is 8.78 Å². The highest BCUT2D eigenvalue weighted by atomic mass is 19.2. The summed E-state index contributed by atoms with van der Waals surface area (Å²) >= 11 is 0. The van der Waals surface area contributed by atoms with Crippen molar-refractivity contribution in [2.24, 2.45) is 0 Å². The lowest BCUT2D eigenvalue weighted by molar-refractivity contribution is 0.102.